The SMILES string of the molecule is NN1CCCCC1c1cccs1. The fourth-order valence-corrected chi connectivity index (χ4v) is 2.62. The Labute approximate surface area is 77.0 Å². The van der Waals surface area contributed by atoms with Crippen LogP contribution in [0.5, 0.6) is 0 Å². The van der Waals surface area contributed by atoms with Crippen LogP contribution in [0, 0.1) is 0 Å². The summed E-state index contributed by atoms with van der Waals surface area (Å²) in [4.78, 5) is 1.41. The van der Waals surface area contributed by atoms with Crippen LogP contribution < -0.4 is 5.84 Å². The van der Waals surface area contributed by atoms with Crippen LogP contribution in [0.2, 0.25) is 0 Å². The molecule has 0 aromatic carbocycles. The van der Waals surface area contributed by atoms with Crippen molar-refractivity contribution in [2.45, 2.75) is 25.3 Å². The lowest BCUT2D eigenvalue weighted by atomic mass is 10.0. The third-order valence-electron chi connectivity index (χ3n) is 2.42. The standard InChI is InChI=1S/C9H14N2S/c10-11-6-2-1-4-8(11)9-5-3-7-12-9/h3,5,7-8H,1-2,4,6,10H2. The van der Waals surface area contributed by atoms with Crippen molar-refractivity contribution < 1.29 is 0 Å². The molecule has 1 aliphatic heterocycles. The quantitative estimate of drug-likeness (QED) is 0.674. The molecule has 1 saturated heterocycles. The van der Waals surface area contributed by atoms with Gasteiger partial charge in [0, 0.05) is 11.4 Å². The Hall–Kier alpha value is -0.380. The highest BCUT2D eigenvalue weighted by atomic mass is 32.1. The summed E-state index contributed by atoms with van der Waals surface area (Å²) < 4.78 is 0. The van der Waals surface area contributed by atoms with E-state index < -0.39 is 0 Å². The Kier molecular flexibility index (Phi) is 2.44. The van der Waals surface area contributed by atoms with Crippen LogP contribution in [-0.2, 0) is 0 Å². The lowest BCUT2D eigenvalue weighted by Crippen LogP contribution is -2.38. The van der Waals surface area contributed by atoms with Crippen LogP contribution in [0.4, 0.5) is 0 Å². The van der Waals surface area contributed by atoms with E-state index in [0.717, 1.165) is 6.54 Å². The van der Waals surface area contributed by atoms with Crippen molar-refractivity contribution in [3.8, 4) is 0 Å². The molecular weight excluding hydrogens is 168 g/mol. The van der Waals surface area contributed by atoms with Crippen molar-refractivity contribution in [1.29, 1.82) is 0 Å². The first kappa shape index (κ1) is 8.23. The first-order chi connectivity index (χ1) is 5.88. The number of nitrogens with two attached hydrogens (primary N) is 1. The second-order valence-electron chi connectivity index (χ2n) is 3.26. The van der Waals surface area contributed by atoms with E-state index in [-0.39, 0.29) is 0 Å². The second kappa shape index (κ2) is 3.56. The zero-order valence-corrected chi connectivity index (χ0v) is 7.89. The van der Waals surface area contributed by atoms with Crippen LogP contribution in [0.15, 0.2) is 17.5 Å². The van der Waals surface area contributed by atoms with Gasteiger partial charge >= 0.3 is 0 Å². The molecule has 1 aromatic rings. The van der Waals surface area contributed by atoms with Crippen molar-refractivity contribution in [1.82, 2.24) is 5.01 Å². The van der Waals surface area contributed by atoms with Crippen LogP contribution >= 0.6 is 11.3 Å². The van der Waals surface area contributed by atoms with Crippen LogP contribution in [0.25, 0.3) is 0 Å². The van der Waals surface area contributed by atoms with Gasteiger partial charge in [-0.15, -0.1) is 11.3 Å². The molecule has 12 heavy (non-hydrogen) atoms. The maximum atomic E-state index is 5.91. The molecule has 1 atom stereocenters. The molecule has 3 heteroatoms. The van der Waals surface area contributed by atoms with E-state index in [0.29, 0.717) is 6.04 Å². The van der Waals surface area contributed by atoms with Gasteiger partial charge in [0.25, 0.3) is 0 Å². The molecule has 1 unspecified atom stereocenters. The maximum Gasteiger partial charge on any atom is 0.0583 e. The molecule has 2 heterocycles. The molecule has 66 valence electrons. The zero-order chi connectivity index (χ0) is 8.39. The van der Waals surface area contributed by atoms with E-state index in [1.54, 1.807) is 0 Å². The summed E-state index contributed by atoms with van der Waals surface area (Å²) in [5.41, 5.74) is 0. The molecule has 2 N–H and O–H groups in total. The Bertz CT molecular complexity index is 233. The first-order valence-electron chi connectivity index (χ1n) is 4.42. The minimum absolute atomic E-state index is 0.485. The van der Waals surface area contributed by atoms with Crippen LogP contribution in [0.3, 0.4) is 0 Å². The van der Waals surface area contributed by atoms with Gasteiger partial charge in [0.1, 0.15) is 0 Å². The molecule has 2 rings (SSSR count). The molecule has 0 spiro atoms. The highest BCUT2D eigenvalue weighted by Crippen LogP contribution is 2.30. The molecule has 0 amide bonds. The number of nitrogens with zero attached hydrogens (tertiary/aromatic N) is 1. The van der Waals surface area contributed by atoms with Gasteiger partial charge in [-0.3, -0.25) is 5.84 Å². The normalized spacial score (nSPS) is 25.9. The second-order valence-corrected chi connectivity index (χ2v) is 4.24. The lowest BCUT2D eigenvalue weighted by Gasteiger charge is -2.30. The van der Waals surface area contributed by atoms with Gasteiger partial charge in [-0.25, -0.2) is 5.01 Å². The predicted molar refractivity (Wildman–Crippen MR) is 51.8 cm³/mol. The van der Waals surface area contributed by atoms with Crippen LogP contribution in [0.1, 0.15) is 30.2 Å². The van der Waals surface area contributed by atoms with E-state index in [2.05, 4.69) is 17.5 Å². The number of rotatable bonds is 1. The number of hydrogen-bond donors (Lipinski definition) is 1. The number of piperidine rings is 1. The van der Waals surface area contributed by atoms with Gasteiger partial charge in [-0.05, 0) is 24.3 Å². The Morgan fingerprint density at radius 2 is 2.42 bits per heavy atom. The predicted octanol–water partition coefficient (Wildman–Crippen LogP) is 2.15. The third-order valence-corrected chi connectivity index (χ3v) is 3.39. The summed E-state index contributed by atoms with van der Waals surface area (Å²) in [6.45, 7) is 1.04. The average molecular weight is 182 g/mol. The summed E-state index contributed by atoms with van der Waals surface area (Å²) in [5, 5.41) is 4.10. The fraction of sp³-hybridized carbons (Fsp3) is 0.556. The number of hydrogen-bond acceptors (Lipinski definition) is 3. The highest BCUT2D eigenvalue weighted by Gasteiger charge is 2.21. The molecule has 1 fully saturated rings. The molecule has 0 radical (unpaired) electrons. The molecule has 0 saturated carbocycles. The third kappa shape index (κ3) is 1.53. The summed E-state index contributed by atoms with van der Waals surface area (Å²) >= 11 is 1.81. The Morgan fingerprint density at radius 3 is 3.08 bits per heavy atom. The van der Waals surface area contributed by atoms with Gasteiger partial charge in [-0.2, -0.15) is 0 Å². The molecular formula is C9H14N2S. The van der Waals surface area contributed by atoms with Crippen molar-refractivity contribution in [2.75, 3.05) is 6.54 Å². The van der Waals surface area contributed by atoms with Gasteiger partial charge < -0.3 is 0 Å². The molecule has 1 aliphatic rings. The first-order valence-corrected chi connectivity index (χ1v) is 5.30. The number of thiophene rings is 1. The molecule has 0 aliphatic carbocycles. The Morgan fingerprint density at radius 1 is 1.50 bits per heavy atom. The average Bonchev–Trinajstić information content (AvgIpc) is 2.57. The summed E-state index contributed by atoms with van der Waals surface area (Å²) in [7, 11) is 0. The molecule has 0 bridgehead atoms. The van der Waals surface area contributed by atoms with E-state index in [1.165, 1.54) is 24.1 Å². The molecule has 1 aromatic heterocycles. The van der Waals surface area contributed by atoms with Crippen molar-refractivity contribution in [3.05, 3.63) is 22.4 Å². The minimum atomic E-state index is 0.485. The van der Waals surface area contributed by atoms with Gasteiger partial charge in [0.15, 0.2) is 0 Å². The smallest absolute Gasteiger partial charge is 0.0583 e. The lowest BCUT2D eigenvalue weighted by molar-refractivity contribution is 0.154. The van der Waals surface area contributed by atoms with E-state index in [4.69, 9.17) is 5.84 Å². The van der Waals surface area contributed by atoms with E-state index in [1.807, 2.05) is 16.3 Å². The zero-order valence-electron chi connectivity index (χ0n) is 7.07. The van der Waals surface area contributed by atoms with Gasteiger partial charge in [0.2, 0.25) is 0 Å². The monoisotopic (exact) mass is 182 g/mol. The minimum Gasteiger partial charge on any atom is -0.268 e. The molecule has 2 nitrogen and oxygen atoms in total. The topological polar surface area (TPSA) is 29.3 Å². The largest absolute Gasteiger partial charge is 0.268 e. The summed E-state index contributed by atoms with van der Waals surface area (Å²) in [6, 6.07) is 4.77. The Balaban J connectivity index is 2.11. The summed E-state index contributed by atoms with van der Waals surface area (Å²) in [5.74, 6) is 5.91. The van der Waals surface area contributed by atoms with Crippen molar-refractivity contribution >= 4 is 11.3 Å². The fourth-order valence-electron chi connectivity index (χ4n) is 1.74. The van der Waals surface area contributed by atoms with E-state index in [9.17, 15) is 0 Å². The number of hydrazine groups is 1. The highest BCUT2D eigenvalue weighted by molar-refractivity contribution is 7.10. The van der Waals surface area contributed by atoms with Crippen molar-refractivity contribution in [3.63, 3.8) is 0 Å². The van der Waals surface area contributed by atoms with Gasteiger partial charge in [0.05, 0.1) is 6.04 Å². The summed E-state index contributed by atoms with van der Waals surface area (Å²) in [6.07, 6.45) is 3.78. The van der Waals surface area contributed by atoms with Crippen LogP contribution in [-0.4, -0.2) is 11.6 Å². The maximum absolute atomic E-state index is 5.91. The van der Waals surface area contributed by atoms with Crippen molar-refractivity contribution in [2.24, 2.45) is 5.84 Å². The van der Waals surface area contributed by atoms with E-state index >= 15 is 0 Å². The van der Waals surface area contributed by atoms with Gasteiger partial charge in [-0.1, -0.05) is 12.5 Å².